The third kappa shape index (κ3) is 2.35. The minimum absolute atomic E-state index is 0.127. The molecule has 0 amide bonds. The van der Waals surface area contributed by atoms with Crippen LogP contribution in [0.5, 0.6) is 5.75 Å². The molecule has 2 heterocycles. The summed E-state index contributed by atoms with van der Waals surface area (Å²) in [7, 11) is 0. The number of rotatable bonds is 1. The Morgan fingerprint density at radius 1 is 1.41 bits per heavy atom. The van der Waals surface area contributed by atoms with Gasteiger partial charge in [-0.15, -0.1) is 0 Å². The topological polar surface area (TPSA) is 35.2 Å². The van der Waals surface area contributed by atoms with Crippen molar-refractivity contribution >= 4 is 27.7 Å². The van der Waals surface area contributed by atoms with E-state index in [4.69, 9.17) is 10.5 Å². The average molecular weight is 314 g/mol. The molecule has 1 aromatic carbocycles. The maximum Gasteiger partial charge on any atom is 0.125 e. The molecule has 2 N–H and O–H groups in total. The fraction of sp³-hybridized carbons (Fsp3) is 0.538. The number of ether oxygens (including phenoxy) is 1. The first-order valence-corrected chi connectivity index (χ1v) is 7.98. The van der Waals surface area contributed by atoms with E-state index in [9.17, 15) is 0 Å². The predicted molar refractivity (Wildman–Crippen MR) is 75.5 cm³/mol. The van der Waals surface area contributed by atoms with Crippen molar-refractivity contribution in [2.24, 2.45) is 11.7 Å². The predicted octanol–water partition coefficient (Wildman–Crippen LogP) is 3.35. The zero-order chi connectivity index (χ0) is 11.8. The molecule has 17 heavy (non-hydrogen) atoms. The Bertz CT molecular complexity index is 420. The number of hydrogen-bond acceptors (Lipinski definition) is 3. The molecule has 0 aliphatic carbocycles. The Labute approximate surface area is 114 Å². The van der Waals surface area contributed by atoms with Crippen LogP contribution in [0.25, 0.3) is 0 Å². The zero-order valence-corrected chi connectivity index (χ0v) is 12.0. The number of benzene rings is 1. The Morgan fingerprint density at radius 2 is 2.29 bits per heavy atom. The van der Waals surface area contributed by atoms with Gasteiger partial charge >= 0.3 is 0 Å². The molecule has 3 atom stereocenters. The second-order valence-corrected chi connectivity index (χ2v) is 6.87. The molecule has 0 radical (unpaired) electrons. The zero-order valence-electron chi connectivity index (χ0n) is 9.56. The Kier molecular flexibility index (Phi) is 3.37. The smallest absolute Gasteiger partial charge is 0.125 e. The van der Waals surface area contributed by atoms with Crippen LogP contribution in [0, 0.1) is 5.92 Å². The van der Waals surface area contributed by atoms with E-state index >= 15 is 0 Å². The number of hydrogen-bond donors (Lipinski definition) is 1. The first kappa shape index (κ1) is 11.9. The van der Waals surface area contributed by atoms with E-state index < -0.39 is 0 Å². The van der Waals surface area contributed by atoms with Crippen LogP contribution in [0.1, 0.15) is 24.4 Å². The Balaban J connectivity index is 1.85. The summed E-state index contributed by atoms with van der Waals surface area (Å²) in [6.07, 6.45) is 2.53. The van der Waals surface area contributed by atoms with Crippen molar-refractivity contribution in [1.82, 2.24) is 0 Å². The van der Waals surface area contributed by atoms with Gasteiger partial charge in [0.05, 0.1) is 0 Å². The molecule has 0 saturated carbocycles. The lowest BCUT2D eigenvalue weighted by atomic mass is 9.90. The maximum absolute atomic E-state index is 6.25. The third-order valence-electron chi connectivity index (χ3n) is 3.63. The highest BCUT2D eigenvalue weighted by atomic mass is 79.9. The molecular weight excluding hydrogens is 298 g/mol. The lowest BCUT2D eigenvalue weighted by Crippen LogP contribution is -2.35. The summed E-state index contributed by atoms with van der Waals surface area (Å²) in [5.74, 6) is 4.14. The van der Waals surface area contributed by atoms with Crippen molar-refractivity contribution in [1.29, 1.82) is 0 Å². The quantitative estimate of drug-likeness (QED) is 0.863. The van der Waals surface area contributed by atoms with Gasteiger partial charge in [-0.25, -0.2) is 0 Å². The molecule has 1 saturated heterocycles. The largest absolute Gasteiger partial charge is 0.490 e. The normalized spacial score (nSPS) is 32.0. The van der Waals surface area contributed by atoms with E-state index in [1.54, 1.807) is 0 Å². The first-order chi connectivity index (χ1) is 8.24. The number of thioether (sulfide) groups is 1. The van der Waals surface area contributed by atoms with Gasteiger partial charge in [-0.3, -0.25) is 0 Å². The highest BCUT2D eigenvalue weighted by molar-refractivity contribution is 9.10. The van der Waals surface area contributed by atoms with Crippen LogP contribution >= 0.6 is 27.7 Å². The summed E-state index contributed by atoms with van der Waals surface area (Å²) < 4.78 is 7.20. The van der Waals surface area contributed by atoms with E-state index in [0.29, 0.717) is 12.0 Å². The van der Waals surface area contributed by atoms with Crippen LogP contribution in [0.2, 0.25) is 0 Å². The summed E-state index contributed by atoms with van der Waals surface area (Å²) in [6, 6.07) is 6.28. The highest BCUT2D eigenvalue weighted by Gasteiger charge is 2.33. The molecule has 2 aliphatic rings. The van der Waals surface area contributed by atoms with Crippen LogP contribution < -0.4 is 10.5 Å². The molecule has 2 nitrogen and oxygen atoms in total. The van der Waals surface area contributed by atoms with Crippen molar-refractivity contribution in [2.45, 2.75) is 25.0 Å². The number of nitrogens with two attached hydrogens (primary N) is 1. The van der Waals surface area contributed by atoms with Crippen molar-refractivity contribution in [2.75, 3.05) is 11.5 Å². The molecule has 3 rings (SSSR count). The fourth-order valence-corrected chi connectivity index (χ4v) is 4.30. The molecule has 4 heteroatoms. The third-order valence-corrected chi connectivity index (χ3v) is 5.31. The lowest BCUT2D eigenvalue weighted by Gasteiger charge is -2.33. The maximum atomic E-state index is 6.25. The summed E-state index contributed by atoms with van der Waals surface area (Å²) in [6.45, 7) is 0. The Hall–Kier alpha value is -0.190. The SMILES string of the molecule is NC1CC(C2CCSC2)Oc2cc(Br)ccc21. The van der Waals surface area contributed by atoms with E-state index in [1.165, 1.54) is 17.9 Å². The number of halogens is 1. The second-order valence-electron chi connectivity index (χ2n) is 4.80. The van der Waals surface area contributed by atoms with E-state index in [2.05, 4.69) is 22.0 Å². The molecule has 0 aromatic heterocycles. The van der Waals surface area contributed by atoms with Gasteiger partial charge in [0.1, 0.15) is 11.9 Å². The van der Waals surface area contributed by atoms with Crippen molar-refractivity contribution in [3.05, 3.63) is 28.2 Å². The summed E-state index contributed by atoms with van der Waals surface area (Å²) >= 11 is 5.52. The van der Waals surface area contributed by atoms with Crippen molar-refractivity contribution in [3.8, 4) is 5.75 Å². The van der Waals surface area contributed by atoms with Crippen molar-refractivity contribution in [3.63, 3.8) is 0 Å². The van der Waals surface area contributed by atoms with E-state index in [-0.39, 0.29) is 6.04 Å². The van der Waals surface area contributed by atoms with Gasteiger partial charge in [0, 0.05) is 28.4 Å². The summed E-state index contributed by atoms with van der Waals surface area (Å²) in [4.78, 5) is 0. The Morgan fingerprint density at radius 3 is 3.06 bits per heavy atom. The van der Waals surface area contributed by atoms with Gasteiger partial charge in [-0.2, -0.15) is 11.8 Å². The molecule has 1 fully saturated rings. The monoisotopic (exact) mass is 313 g/mol. The van der Waals surface area contributed by atoms with Gasteiger partial charge < -0.3 is 10.5 Å². The first-order valence-electron chi connectivity index (χ1n) is 6.03. The molecule has 3 unspecified atom stereocenters. The number of fused-ring (bicyclic) bond motifs is 1. The van der Waals surface area contributed by atoms with Gasteiger partial charge in [-0.1, -0.05) is 22.0 Å². The molecular formula is C13H16BrNOS. The van der Waals surface area contributed by atoms with Gasteiger partial charge in [0.25, 0.3) is 0 Å². The molecule has 92 valence electrons. The van der Waals surface area contributed by atoms with Crippen LogP contribution in [0.3, 0.4) is 0 Å². The lowest BCUT2D eigenvalue weighted by molar-refractivity contribution is 0.110. The van der Waals surface area contributed by atoms with Gasteiger partial charge in [0.2, 0.25) is 0 Å². The van der Waals surface area contributed by atoms with Crippen molar-refractivity contribution < 1.29 is 4.74 Å². The second kappa shape index (κ2) is 4.82. The minimum Gasteiger partial charge on any atom is -0.490 e. The van der Waals surface area contributed by atoms with Crippen LogP contribution in [-0.4, -0.2) is 17.6 Å². The summed E-state index contributed by atoms with van der Waals surface area (Å²) in [5.41, 5.74) is 7.40. The van der Waals surface area contributed by atoms with E-state index in [1.807, 2.05) is 23.9 Å². The molecule has 0 spiro atoms. The van der Waals surface area contributed by atoms with Crippen LogP contribution in [0.15, 0.2) is 22.7 Å². The van der Waals surface area contributed by atoms with Crippen LogP contribution in [0.4, 0.5) is 0 Å². The highest BCUT2D eigenvalue weighted by Crippen LogP contribution is 2.40. The average Bonchev–Trinajstić information content (AvgIpc) is 2.81. The van der Waals surface area contributed by atoms with E-state index in [0.717, 1.165) is 22.2 Å². The summed E-state index contributed by atoms with van der Waals surface area (Å²) in [5, 5.41) is 0. The standard InChI is InChI=1S/C13H16BrNOS/c14-9-1-2-10-11(15)6-12(16-13(10)5-9)8-3-4-17-7-8/h1-2,5,8,11-12H,3-4,6-7,15H2. The van der Waals surface area contributed by atoms with Gasteiger partial charge in [-0.05, 0) is 30.1 Å². The molecule has 2 aliphatic heterocycles. The molecule has 1 aromatic rings. The fourth-order valence-electron chi connectivity index (χ4n) is 2.64. The van der Waals surface area contributed by atoms with Gasteiger partial charge in [0.15, 0.2) is 0 Å². The molecule has 0 bridgehead atoms. The van der Waals surface area contributed by atoms with Crippen LogP contribution in [-0.2, 0) is 0 Å². The minimum atomic E-state index is 0.127.